The maximum atomic E-state index is 9.04. The van der Waals surface area contributed by atoms with Crippen LogP contribution in [0.15, 0.2) is 30.3 Å². The highest BCUT2D eigenvalue weighted by molar-refractivity contribution is 5.18. The molecular formula is C13H21NO. The van der Waals surface area contributed by atoms with Crippen molar-refractivity contribution in [3.8, 4) is 0 Å². The third kappa shape index (κ3) is 4.02. The van der Waals surface area contributed by atoms with Gasteiger partial charge in [0, 0.05) is 12.1 Å². The molecule has 0 aliphatic carbocycles. The Morgan fingerprint density at radius 1 is 1.27 bits per heavy atom. The number of benzene rings is 1. The zero-order valence-electron chi connectivity index (χ0n) is 9.61. The van der Waals surface area contributed by atoms with Crippen LogP contribution in [0.4, 0.5) is 0 Å². The van der Waals surface area contributed by atoms with Crippen LogP contribution in [0.5, 0.6) is 0 Å². The van der Waals surface area contributed by atoms with Gasteiger partial charge >= 0.3 is 0 Å². The Balaban J connectivity index is 2.65. The first-order valence-electron chi connectivity index (χ1n) is 5.69. The van der Waals surface area contributed by atoms with Crippen molar-refractivity contribution in [3.05, 3.63) is 35.9 Å². The van der Waals surface area contributed by atoms with Crippen LogP contribution in [0, 0.1) is 0 Å². The molecule has 15 heavy (non-hydrogen) atoms. The normalized spacial score (nSPS) is 14.9. The summed E-state index contributed by atoms with van der Waals surface area (Å²) in [5.74, 6) is 0. The van der Waals surface area contributed by atoms with E-state index in [0.29, 0.717) is 6.04 Å². The summed E-state index contributed by atoms with van der Waals surface area (Å²) >= 11 is 0. The van der Waals surface area contributed by atoms with Crippen molar-refractivity contribution in [2.75, 3.05) is 6.61 Å². The van der Waals surface area contributed by atoms with Gasteiger partial charge in [-0.1, -0.05) is 43.7 Å². The van der Waals surface area contributed by atoms with Crippen LogP contribution >= 0.6 is 0 Å². The molecule has 0 spiro atoms. The van der Waals surface area contributed by atoms with E-state index < -0.39 is 0 Å². The number of hydrogen-bond donors (Lipinski definition) is 2. The SMILES string of the molecule is CCC[C@H](N[C@@H](C)CO)c1ccccc1. The summed E-state index contributed by atoms with van der Waals surface area (Å²) in [4.78, 5) is 0. The highest BCUT2D eigenvalue weighted by atomic mass is 16.3. The number of aliphatic hydroxyl groups excluding tert-OH is 1. The molecule has 1 aromatic carbocycles. The molecular weight excluding hydrogens is 186 g/mol. The molecule has 0 aliphatic rings. The molecule has 0 radical (unpaired) electrons. The minimum atomic E-state index is 0.154. The van der Waals surface area contributed by atoms with Crippen LogP contribution in [-0.4, -0.2) is 17.8 Å². The lowest BCUT2D eigenvalue weighted by molar-refractivity contribution is 0.238. The first kappa shape index (κ1) is 12.2. The van der Waals surface area contributed by atoms with Gasteiger partial charge in [-0.2, -0.15) is 0 Å². The minimum Gasteiger partial charge on any atom is -0.395 e. The largest absolute Gasteiger partial charge is 0.395 e. The Kier molecular flexibility index (Phi) is 5.37. The number of aliphatic hydroxyl groups is 1. The molecule has 0 fully saturated rings. The summed E-state index contributed by atoms with van der Waals surface area (Å²) in [7, 11) is 0. The van der Waals surface area contributed by atoms with E-state index in [9.17, 15) is 0 Å². The highest BCUT2D eigenvalue weighted by Gasteiger charge is 2.12. The van der Waals surface area contributed by atoms with Crippen molar-refractivity contribution in [3.63, 3.8) is 0 Å². The van der Waals surface area contributed by atoms with Gasteiger partial charge in [0.15, 0.2) is 0 Å². The fourth-order valence-corrected chi connectivity index (χ4v) is 1.72. The zero-order chi connectivity index (χ0) is 11.1. The summed E-state index contributed by atoms with van der Waals surface area (Å²) in [6, 6.07) is 10.9. The average molecular weight is 207 g/mol. The summed E-state index contributed by atoms with van der Waals surface area (Å²) in [5, 5.41) is 12.5. The smallest absolute Gasteiger partial charge is 0.0582 e. The minimum absolute atomic E-state index is 0.154. The van der Waals surface area contributed by atoms with E-state index in [-0.39, 0.29) is 12.6 Å². The average Bonchev–Trinajstić information content (AvgIpc) is 2.29. The van der Waals surface area contributed by atoms with Gasteiger partial charge in [0.05, 0.1) is 6.61 Å². The van der Waals surface area contributed by atoms with Gasteiger partial charge in [-0.05, 0) is 18.9 Å². The van der Waals surface area contributed by atoms with E-state index in [1.807, 2.05) is 13.0 Å². The molecule has 2 nitrogen and oxygen atoms in total. The molecule has 2 heteroatoms. The maximum absolute atomic E-state index is 9.04. The Morgan fingerprint density at radius 3 is 2.47 bits per heavy atom. The second kappa shape index (κ2) is 6.59. The molecule has 0 aliphatic heterocycles. The van der Waals surface area contributed by atoms with Crippen molar-refractivity contribution >= 4 is 0 Å². The quantitative estimate of drug-likeness (QED) is 0.751. The van der Waals surface area contributed by atoms with Gasteiger partial charge in [-0.25, -0.2) is 0 Å². The highest BCUT2D eigenvalue weighted by Crippen LogP contribution is 2.18. The predicted octanol–water partition coefficient (Wildman–Crippen LogP) is 2.50. The van der Waals surface area contributed by atoms with E-state index in [4.69, 9.17) is 5.11 Å². The van der Waals surface area contributed by atoms with E-state index in [2.05, 4.69) is 36.5 Å². The Hall–Kier alpha value is -0.860. The Morgan fingerprint density at radius 2 is 1.93 bits per heavy atom. The fourth-order valence-electron chi connectivity index (χ4n) is 1.72. The maximum Gasteiger partial charge on any atom is 0.0582 e. The fraction of sp³-hybridized carbons (Fsp3) is 0.538. The van der Waals surface area contributed by atoms with Crippen molar-refractivity contribution < 1.29 is 5.11 Å². The molecule has 0 saturated carbocycles. The van der Waals surface area contributed by atoms with Gasteiger partial charge in [0.2, 0.25) is 0 Å². The van der Waals surface area contributed by atoms with E-state index in [0.717, 1.165) is 12.8 Å². The van der Waals surface area contributed by atoms with Gasteiger partial charge in [0.1, 0.15) is 0 Å². The molecule has 1 aromatic rings. The summed E-state index contributed by atoms with van der Waals surface area (Å²) in [5.41, 5.74) is 1.31. The van der Waals surface area contributed by atoms with E-state index >= 15 is 0 Å². The first-order valence-corrected chi connectivity index (χ1v) is 5.69. The molecule has 0 heterocycles. The Labute approximate surface area is 92.3 Å². The van der Waals surface area contributed by atoms with Gasteiger partial charge in [-0.15, -0.1) is 0 Å². The molecule has 0 aromatic heterocycles. The van der Waals surface area contributed by atoms with Crippen molar-refractivity contribution in [1.82, 2.24) is 5.32 Å². The van der Waals surface area contributed by atoms with Crippen LogP contribution < -0.4 is 5.32 Å². The van der Waals surface area contributed by atoms with E-state index in [1.165, 1.54) is 5.56 Å². The monoisotopic (exact) mass is 207 g/mol. The lowest BCUT2D eigenvalue weighted by atomic mass is 10.0. The van der Waals surface area contributed by atoms with Crippen LogP contribution in [-0.2, 0) is 0 Å². The second-order valence-corrected chi connectivity index (χ2v) is 4.00. The lowest BCUT2D eigenvalue weighted by Gasteiger charge is -2.22. The molecule has 1 rings (SSSR count). The summed E-state index contributed by atoms with van der Waals surface area (Å²) in [6.07, 6.45) is 2.25. The third-order valence-electron chi connectivity index (χ3n) is 2.54. The molecule has 0 bridgehead atoms. The molecule has 0 amide bonds. The predicted molar refractivity (Wildman–Crippen MR) is 63.8 cm³/mol. The standard InChI is InChI=1S/C13H21NO/c1-3-7-13(14-11(2)10-15)12-8-5-4-6-9-12/h4-6,8-9,11,13-15H,3,7,10H2,1-2H3/t11-,13-/m0/s1. The second-order valence-electron chi connectivity index (χ2n) is 4.00. The van der Waals surface area contributed by atoms with Gasteiger partial charge < -0.3 is 10.4 Å². The summed E-state index contributed by atoms with van der Waals surface area (Å²) < 4.78 is 0. The van der Waals surface area contributed by atoms with Crippen LogP contribution in [0.3, 0.4) is 0 Å². The molecule has 0 saturated heterocycles. The van der Waals surface area contributed by atoms with Crippen LogP contribution in [0.25, 0.3) is 0 Å². The molecule has 84 valence electrons. The van der Waals surface area contributed by atoms with Gasteiger partial charge in [-0.3, -0.25) is 0 Å². The number of hydrogen-bond acceptors (Lipinski definition) is 2. The van der Waals surface area contributed by atoms with Crippen molar-refractivity contribution in [2.24, 2.45) is 0 Å². The third-order valence-corrected chi connectivity index (χ3v) is 2.54. The summed E-state index contributed by atoms with van der Waals surface area (Å²) in [6.45, 7) is 4.37. The van der Waals surface area contributed by atoms with E-state index in [1.54, 1.807) is 0 Å². The van der Waals surface area contributed by atoms with Crippen LogP contribution in [0.1, 0.15) is 38.3 Å². The zero-order valence-corrected chi connectivity index (χ0v) is 9.61. The lowest BCUT2D eigenvalue weighted by Crippen LogP contribution is -2.33. The molecule has 0 unspecified atom stereocenters. The Bertz CT molecular complexity index is 260. The van der Waals surface area contributed by atoms with Crippen molar-refractivity contribution in [2.45, 2.75) is 38.8 Å². The molecule has 2 atom stereocenters. The van der Waals surface area contributed by atoms with Gasteiger partial charge in [0.25, 0.3) is 0 Å². The number of nitrogens with one attached hydrogen (secondary N) is 1. The van der Waals surface area contributed by atoms with Crippen molar-refractivity contribution in [1.29, 1.82) is 0 Å². The first-order chi connectivity index (χ1) is 7.27. The topological polar surface area (TPSA) is 32.3 Å². The number of rotatable bonds is 6. The molecule has 2 N–H and O–H groups in total. The van der Waals surface area contributed by atoms with Crippen LogP contribution in [0.2, 0.25) is 0 Å².